The van der Waals surface area contributed by atoms with Crippen LogP contribution in [0.2, 0.25) is 0 Å². The molecule has 2 rings (SSSR count). The maximum absolute atomic E-state index is 10.8. The molecule has 0 aliphatic heterocycles. The average molecular weight is 263 g/mol. The van der Waals surface area contributed by atoms with E-state index in [4.69, 9.17) is 5.11 Å². The number of anilines is 1. The number of nitrogens with zero attached hydrogens (tertiary/aromatic N) is 2. The van der Waals surface area contributed by atoms with Crippen LogP contribution in [0.1, 0.15) is 34.0 Å². The maximum atomic E-state index is 10.8. The molecular weight excluding hydrogens is 250 g/mol. The molecule has 18 heavy (non-hydrogen) atoms. The summed E-state index contributed by atoms with van der Waals surface area (Å²) in [6.07, 6.45) is 3.49. The van der Waals surface area contributed by atoms with Crippen LogP contribution in [0.4, 0.5) is 5.69 Å². The fourth-order valence-corrected chi connectivity index (χ4v) is 2.32. The number of carboxylic acids is 1. The third-order valence-electron chi connectivity index (χ3n) is 2.50. The molecule has 2 aromatic heterocycles. The predicted octanol–water partition coefficient (Wildman–Crippen LogP) is 2.72. The van der Waals surface area contributed by atoms with E-state index in [1.165, 1.54) is 11.3 Å². The molecule has 2 aromatic rings. The first-order valence-electron chi connectivity index (χ1n) is 5.44. The predicted molar refractivity (Wildman–Crippen MR) is 70.1 cm³/mol. The third kappa shape index (κ3) is 2.65. The summed E-state index contributed by atoms with van der Waals surface area (Å²) < 4.78 is 0. The van der Waals surface area contributed by atoms with E-state index in [0.29, 0.717) is 0 Å². The Bertz CT molecular complexity index is 568. The highest BCUT2D eigenvalue weighted by molar-refractivity contribution is 7.09. The highest BCUT2D eigenvalue weighted by atomic mass is 32.1. The van der Waals surface area contributed by atoms with Crippen molar-refractivity contribution in [2.75, 3.05) is 5.32 Å². The maximum Gasteiger partial charge on any atom is 0.355 e. The normalized spacial score (nSPS) is 12.1. The highest BCUT2D eigenvalue weighted by Gasteiger charge is 2.14. The van der Waals surface area contributed by atoms with E-state index in [1.807, 2.05) is 19.9 Å². The molecule has 0 saturated heterocycles. The first-order chi connectivity index (χ1) is 8.58. The molecule has 0 bridgehead atoms. The van der Waals surface area contributed by atoms with Crippen LogP contribution in [0, 0.1) is 6.92 Å². The number of nitrogens with one attached hydrogen (secondary N) is 1. The summed E-state index contributed by atoms with van der Waals surface area (Å²) in [4.78, 5) is 18.9. The zero-order valence-electron chi connectivity index (χ0n) is 10.0. The first kappa shape index (κ1) is 12.5. The number of carboxylic acid groups (broad SMARTS) is 1. The van der Waals surface area contributed by atoms with Crippen molar-refractivity contribution in [3.05, 3.63) is 40.1 Å². The van der Waals surface area contributed by atoms with E-state index in [1.54, 1.807) is 17.8 Å². The van der Waals surface area contributed by atoms with Crippen LogP contribution in [0.15, 0.2) is 23.8 Å². The SMILES string of the molecule is Cc1cnccc1NC(C)c1nc(C(=O)O)cs1. The summed E-state index contributed by atoms with van der Waals surface area (Å²) in [5.74, 6) is -0.996. The van der Waals surface area contributed by atoms with E-state index >= 15 is 0 Å². The minimum Gasteiger partial charge on any atom is -0.476 e. The summed E-state index contributed by atoms with van der Waals surface area (Å²) in [5.41, 5.74) is 2.11. The molecule has 5 nitrogen and oxygen atoms in total. The lowest BCUT2D eigenvalue weighted by Gasteiger charge is -2.14. The van der Waals surface area contributed by atoms with Crippen LogP contribution in [0.5, 0.6) is 0 Å². The molecule has 2 heterocycles. The van der Waals surface area contributed by atoms with E-state index in [-0.39, 0.29) is 11.7 Å². The summed E-state index contributed by atoms with van der Waals surface area (Å²) >= 11 is 1.34. The smallest absolute Gasteiger partial charge is 0.355 e. The van der Waals surface area contributed by atoms with Crippen LogP contribution >= 0.6 is 11.3 Å². The van der Waals surface area contributed by atoms with Crippen molar-refractivity contribution >= 4 is 23.0 Å². The molecule has 0 fully saturated rings. The number of hydrogen-bond acceptors (Lipinski definition) is 5. The Kier molecular flexibility index (Phi) is 3.57. The first-order valence-corrected chi connectivity index (χ1v) is 6.31. The molecule has 0 saturated carbocycles. The van der Waals surface area contributed by atoms with Gasteiger partial charge in [-0.25, -0.2) is 9.78 Å². The number of pyridine rings is 1. The summed E-state index contributed by atoms with van der Waals surface area (Å²) in [6, 6.07) is 1.85. The topological polar surface area (TPSA) is 75.1 Å². The fourth-order valence-electron chi connectivity index (χ4n) is 1.52. The van der Waals surface area contributed by atoms with Crippen molar-refractivity contribution in [2.24, 2.45) is 0 Å². The number of hydrogen-bond donors (Lipinski definition) is 2. The van der Waals surface area contributed by atoms with Crippen molar-refractivity contribution in [1.82, 2.24) is 9.97 Å². The van der Waals surface area contributed by atoms with Gasteiger partial charge in [-0.05, 0) is 25.5 Å². The molecule has 6 heteroatoms. The summed E-state index contributed by atoms with van der Waals surface area (Å²) in [6.45, 7) is 3.91. The lowest BCUT2D eigenvalue weighted by Crippen LogP contribution is -2.08. The monoisotopic (exact) mass is 263 g/mol. The Labute approximate surface area is 109 Å². The van der Waals surface area contributed by atoms with Crippen molar-refractivity contribution in [3.63, 3.8) is 0 Å². The van der Waals surface area contributed by atoms with E-state index in [9.17, 15) is 4.79 Å². The molecule has 0 aliphatic carbocycles. The van der Waals surface area contributed by atoms with Gasteiger partial charge in [0, 0.05) is 23.5 Å². The van der Waals surface area contributed by atoms with Crippen LogP contribution in [-0.4, -0.2) is 21.0 Å². The van der Waals surface area contributed by atoms with E-state index in [2.05, 4.69) is 15.3 Å². The van der Waals surface area contributed by atoms with Gasteiger partial charge in [-0.3, -0.25) is 4.98 Å². The van der Waals surface area contributed by atoms with Crippen molar-refractivity contribution in [1.29, 1.82) is 0 Å². The molecule has 0 spiro atoms. The fraction of sp³-hybridized carbons (Fsp3) is 0.250. The summed E-state index contributed by atoms with van der Waals surface area (Å²) in [7, 11) is 0. The molecule has 0 aliphatic rings. The lowest BCUT2D eigenvalue weighted by atomic mass is 10.2. The highest BCUT2D eigenvalue weighted by Crippen LogP contribution is 2.23. The Morgan fingerprint density at radius 2 is 2.33 bits per heavy atom. The Morgan fingerprint density at radius 1 is 1.56 bits per heavy atom. The van der Waals surface area contributed by atoms with E-state index < -0.39 is 5.97 Å². The molecule has 2 N–H and O–H groups in total. The van der Waals surface area contributed by atoms with E-state index in [0.717, 1.165) is 16.3 Å². The van der Waals surface area contributed by atoms with Gasteiger partial charge >= 0.3 is 5.97 Å². The van der Waals surface area contributed by atoms with Gasteiger partial charge < -0.3 is 10.4 Å². The Morgan fingerprint density at radius 3 is 2.94 bits per heavy atom. The van der Waals surface area contributed by atoms with Gasteiger partial charge in [0.25, 0.3) is 0 Å². The van der Waals surface area contributed by atoms with Crippen LogP contribution in [0.3, 0.4) is 0 Å². The number of thiazole rings is 1. The average Bonchev–Trinajstić information content (AvgIpc) is 2.81. The second-order valence-corrected chi connectivity index (χ2v) is 4.82. The molecule has 1 unspecified atom stereocenters. The van der Waals surface area contributed by atoms with Gasteiger partial charge in [-0.1, -0.05) is 0 Å². The van der Waals surface area contributed by atoms with Gasteiger partial charge in [0.2, 0.25) is 0 Å². The van der Waals surface area contributed by atoms with Crippen molar-refractivity contribution in [3.8, 4) is 0 Å². The molecule has 0 radical (unpaired) electrons. The zero-order chi connectivity index (χ0) is 13.1. The van der Waals surface area contributed by atoms with Crippen LogP contribution in [-0.2, 0) is 0 Å². The number of aryl methyl sites for hydroxylation is 1. The second-order valence-electron chi connectivity index (χ2n) is 3.93. The second kappa shape index (κ2) is 5.14. The van der Waals surface area contributed by atoms with Crippen LogP contribution < -0.4 is 5.32 Å². The zero-order valence-corrected chi connectivity index (χ0v) is 10.9. The van der Waals surface area contributed by atoms with Crippen molar-refractivity contribution < 1.29 is 9.90 Å². The lowest BCUT2D eigenvalue weighted by molar-refractivity contribution is 0.0691. The van der Waals surface area contributed by atoms with Crippen LogP contribution in [0.25, 0.3) is 0 Å². The summed E-state index contributed by atoms with van der Waals surface area (Å²) in [5, 5.41) is 14.4. The standard InChI is InChI=1S/C12H13N3O2S/c1-7-5-13-4-3-9(7)14-8(2)11-15-10(6-18-11)12(16)17/h3-6,8H,1-2H3,(H,13,14)(H,16,17). The molecular formula is C12H13N3O2S. The largest absolute Gasteiger partial charge is 0.476 e. The number of carbonyl (C=O) groups is 1. The number of aromatic carboxylic acids is 1. The quantitative estimate of drug-likeness (QED) is 0.887. The molecule has 0 amide bonds. The molecule has 0 aromatic carbocycles. The Balaban J connectivity index is 2.14. The van der Waals surface area contributed by atoms with Crippen molar-refractivity contribution in [2.45, 2.75) is 19.9 Å². The molecule has 1 atom stereocenters. The van der Waals surface area contributed by atoms with Gasteiger partial charge in [0.05, 0.1) is 6.04 Å². The molecule has 94 valence electrons. The van der Waals surface area contributed by atoms with Gasteiger partial charge in [-0.2, -0.15) is 0 Å². The number of rotatable bonds is 4. The van der Waals surface area contributed by atoms with Gasteiger partial charge in [0.15, 0.2) is 5.69 Å². The third-order valence-corrected chi connectivity index (χ3v) is 3.53. The van der Waals surface area contributed by atoms with Gasteiger partial charge in [0.1, 0.15) is 5.01 Å². The minimum absolute atomic E-state index is 0.0378. The minimum atomic E-state index is -0.996. The number of aromatic nitrogens is 2. The van der Waals surface area contributed by atoms with Gasteiger partial charge in [-0.15, -0.1) is 11.3 Å². The Hall–Kier alpha value is -1.95.